The molecule has 33 heavy (non-hydrogen) atoms. The first-order chi connectivity index (χ1) is 15.7. The number of amides is 1. The summed E-state index contributed by atoms with van der Waals surface area (Å²) in [6.07, 6.45) is 9.42. The predicted molar refractivity (Wildman–Crippen MR) is 140 cm³/mol. The highest BCUT2D eigenvalue weighted by atomic mass is 35.5. The van der Waals surface area contributed by atoms with Gasteiger partial charge in [-0.2, -0.15) is 0 Å². The summed E-state index contributed by atoms with van der Waals surface area (Å²) in [6, 6.07) is 7.42. The molecule has 6 heteroatoms. The first kappa shape index (κ1) is 25.9. The molecule has 1 amide bonds. The molecule has 1 aromatic carbocycles. The van der Waals surface area contributed by atoms with E-state index in [4.69, 9.17) is 11.6 Å². The standard InChI is InChI=1S/C27H32ClN3O2/c1-7-11-20(17-24(28)18(4)9-3)30-26(32)19(5)31(6)25(12-8-2)22-13-10-14-23-21(22)15-16-29-27(23)33/h10-17H,4-5,7-9H2,1-3,6H3,(H,29,33)(H,30,32)/b20-11+,24-17+,25-12-. The summed E-state index contributed by atoms with van der Waals surface area (Å²) >= 11 is 6.33. The van der Waals surface area contributed by atoms with Gasteiger partial charge in [0.05, 0.1) is 5.70 Å². The van der Waals surface area contributed by atoms with Crippen LogP contribution in [-0.4, -0.2) is 22.8 Å². The van der Waals surface area contributed by atoms with Crippen LogP contribution in [0.5, 0.6) is 0 Å². The van der Waals surface area contributed by atoms with Crippen LogP contribution in [0.4, 0.5) is 0 Å². The van der Waals surface area contributed by atoms with Gasteiger partial charge < -0.3 is 15.2 Å². The van der Waals surface area contributed by atoms with Gasteiger partial charge in [-0.15, -0.1) is 0 Å². The molecule has 2 aromatic rings. The van der Waals surface area contributed by atoms with Gasteiger partial charge >= 0.3 is 0 Å². The number of halogens is 1. The molecular weight excluding hydrogens is 434 g/mol. The minimum absolute atomic E-state index is 0.156. The highest BCUT2D eigenvalue weighted by Gasteiger charge is 2.19. The van der Waals surface area contributed by atoms with E-state index in [0.717, 1.165) is 41.5 Å². The second-order valence-electron chi connectivity index (χ2n) is 7.55. The number of hydrogen-bond donors (Lipinski definition) is 2. The van der Waals surface area contributed by atoms with E-state index in [1.807, 2.05) is 51.1 Å². The lowest BCUT2D eigenvalue weighted by Gasteiger charge is -2.25. The third-order valence-corrected chi connectivity index (χ3v) is 5.62. The highest BCUT2D eigenvalue weighted by molar-refractivity contribution is 6.32. The molecule has 0 saturated heterocycles. The lowest BCUT2D eigenvalue weighted by molar-refractivity contribution is -0.117. The highest BCUT2D eigenvalue weighted by Crippen LogP contribution is 2.28. The summed E-state index contributed by atoms with van der Waals surface area (Å²) in [5.41, 5.74) is 3.14. The minimum atomic E-state index is -0.347. The van der Waals surface area contributed by atoms with Crippen molar-refractivity contribution in [2.45, 2.75) is 40.0 Å². The Morgan fingerprint density at radius 2 is 1.82 bits per heavy atom. The molecule has 0 spiro atoms. The number of carbonyl (C=O) groups is 1. The van der Waals surface area contributed by atoms with Gasteiger partial charge in [0.2, 0.25) is 0 Å². The molecule has 2 N–H and O–H groups in total. The monoisotopic (exact) mass is 465 g/mol. The van der Waals surface area contributed by atoms with Gasteiger partial charge in [-0.25, -0.2) is 0 Å². The first-order valence-corrected chi connectivity index (χ1v) is 11.4. The Labute approximate surface area is 200 Å². The number of rotatable bonds is 10. The number of nitrogens with zero attached hydrogens (tertiary/aromatic N) is 1. The van der Waals surface area contributed by atoms with Gasteiger partial charge in [0.1, 0.15) is 0 Å². The maximum Gasteiger partial charge on any atom is 0.271 e. The summed E-state index contributed by atoms with van der Waals surface area (Å²) in [6.45, 7) is 13.9. The summed E-state index contributed by atoms with van der Waals surface area (Å²) in [4.78, 5) is 29.8. The van der Waals surface area contributed by atoms with E-state index in [1.165, 1.54) is 0 Å². The SMILES string of the molecule is C=C(CC)/C(Cl)=C\C(=C/CC)NC(=O)C(=C)N(C)/C(=C\CC)c1cccc2c(=O)[nH]ccc12. The fourth-order valence-corrected chi connectivity index (χ4v) is 3.59. The van der Waals surface area contributed by atoms with E-state index in [2.05, 4.69) is 23.5 Å². The number of benzene rings is 1. The van der Waals surface area contributed by atoms with Crippen LogP contribution < -0.4 is 10.9 Å². The van der Waals surface area contributed by atoms with Crippen molar-refractivity contribution in [1.82, 2.24) is 15.2 Å². The van der Waals surface area contributed by atoms with Crippen LogP contribution in [0.1, 0.15) is 45.6 Å². The van der Waals surface area contributed by atoms with Crippen molar-refractivity contribution >= 4 is 34.0 Å². The maximum atomic E-state index is 13.1. The Morgan fingerprint density at radius 3 is 2.45 bits per heavy atom. The maximum absolute atomic E-state index is 13.1. The average Bonchev–Trinajstić information content (AvgIpc) is 2.81. The zero-order valence-corrected chi connectivity index (χ0v) is 20.6. The van der Waals surface area contributed by atoms with Crippen LogP contribution in [0.15, 0.2) is 88.6 Å². The molecule has 174 valence electrons. The molecular formula is C27H32ClN3O2. The molecule has 0 bridgehead atoms. The van der Waals surface area contributed by atoms with Crippen molar-refractivity contribution in [3.63, 3.8) is 0 Å². The molecule has 0 radical (unpaired) electrons. The van der Waals surface area contributed by atoms with Gasteiger partial charge in [-0.3, -0.25) is 9.59 Å². The normalized spacial score (nSPS) is 12.6. The minimum Gasteiger partial charge on any atom is -0.340 e. The van der Waals surface area contributed by atoms with Gasteiger partial charge in [-0.05, 0) is 48.4 Å². The largest absolute Gasteiger partial charge is 0.340 e. The number of pyridine rings is 1. The number of H-pyrrole nitrogens is 1. The molecule has 1 heterocycles. The van der Waals surface area contributed by atoms with E-state index in [0.29, 0.717) is 16.1 Å². The second kappa shape index (κ2) is 12.1. The Hall–Kier alpha value is -3.31. The second-order valence-corrected chi connectivity index (χ2v) is 7.96. The summed E-state index contributed by atoms with van der Waals surface area (Å²) < 4.78 is 0. The number of fused-ring (bicyclic) bond motifs is 1. The number of allylic oxidation sites excluding steroid dienone is 5. The van der Waals surface area contributed by atoms with Crippen molar-refractivity contribution in [2.24, 2.45) is 0 Å². The smallest absolute Gasteiger partial charge is 0.271 e. The first-order valence-electron chi connectivity index (χ1n) is 11.0. The lowest BCUT2D eigenvalue weighted by Crippen LogP contribution is -2.31. The van der Waals surface area contributed by atoms with E-state index >= 15 is 0 Å². The number of carbonyl (C=O) groups excluding carboxylic acids is 1. The molecule has 0 saturated carbocycles. The summed E-state index contributed by atoms with van der Waals surface area (Å²) in [7, 11) is 1.79. The number of hydrogen-bond acceptors (Lipinski definition) is 3. The average molecular weight is 466 g/mol. The summed E-state index contributed by atoms with van der Waals surface area (Å²) in [5, 5.41) is 4.80. The van der Waals surface area contributed by atoms with E-state index < -0.39 is 0 Å². The Bertz CT molecular complexity index is 1200. The predicted octanol–water partition coefficient (Wildman–Crippen LogP) is 6.22. The fourth-order valence-electron chi connectivity index (χ4n) is 3.34. The van der Waals surface area contributed by atoms with Crippen LogP contribution in [-0.2, 0) is 4.79 Å². The fraction of sp³-hybridized carbons (Fsp3) is 0.259. The number of aromatic amines is 1. The van der Waals surface area contributed by atoms with Gasteiger partial charge in [0.25, 0.3) is 11.5 Å². The molecule has 0 atom stereocenters. The van der Waals surface area contributed by atoms with E-state index in [-0.39, 0.29) is 17.2 Å². The van der Waals surface area contributed by atoms with Crippen LogP contribution in [0.3, 0.4) is 0 Å². The van der Waals surface area contributed by atoms with Crippen molar-refractivity contribution in [3.8, 4) is 0 Å². The Kier molecular flexibility index (Phi) is 9.49. The third kappa shape index (κ3) is 6.36. The molecule has 0 aliphatic carbocycles. The zero-order chi connectivity index (χ0) is 24.5. The molecule has 0 aliphatic heterocycles. The number of nitrogens with one attached hydrogen (secondary N) is 2. The molecule has 0 unspecified atom stereocenters. The van der Waals surface area contributed by atoms with Crippen LogP contribution in [0.25, 0.3) is 16.5 Å². The van der Waals surface area contributed by atoms with Crippen molar-refractivity contribution in [2.75, 3.05) is 7.05 Å². The third-order valence-electron chi connectivity index (χ3n) is 5.25. The lowest BCUT2D eigenvalue weighted by atomic mass is 10.0. The van der Waals surface area contributed by atoms with Crippen molar-refractivity contribution in [3.05, 3.63) is 99.8 Å². The van der Waals surface area contributed by atoms with Gasteiger partial charge in [-0.1, -0.05) is 69.8 Å². The van der Waals surface area contributed by atoms with E-state index in [9.17, 15) is 9.59 Å². The molecule has 0 aliphatic rings. The van der Waals surface area contributed by atoms with Crippen LogP contribution in [0, 0.1) is 0 Å². The summed E-state index contributed by atoms with van der Waals surface area (Å²) in [5.74, 6) is -0.347. The quantitative estimate of drug-likeness (QED) is 0.323. The van der Waals surface area contributed by atoms with Crippen molar-refractivity contribution < 1.29 is 4.79 Å². The topological polar surface area (TPSA) is 65.2 Å². The molecule has 1 aromatic heterocycles. The van der Waals surface area contributed by atoms with Crippen LogP contribution in [0.2, 0.25) is 0 Å². The molecule has 2 rings (SSSR count). The van der Waals surface area contributed by atoms with Crippen LogP contribution >= 0.6 is 11.6 Å². The Morgan fingerprint density at radius 1 is 1.12 bits per heavy atom. The molecule has 0 fully saturated rings. The number of aromatic nitrogens is 1. The van der Waals surface area contributed by atoms with Gasteiger partial charge in [0.15, 0.2) is 0 Å². The molecule has 5 nitrogen and oxygen atoms in total. The Balaban J connectivity index is 2.38. The van der Waals surface area contributed by atoms with E-state index in [1.54, 1.807) is 30.3 Å². The number of likely N-dealkylation sites (N-methyl/N-ethyl adjacent to an activating group) is 1. The van der Waals surface area contributed by atoms with Crippen molar-refractivity contribution in [1.29, 1.82) is 0 Å². The van der Waals surface area contributed by atoms with Gasteiger partial charge in [0, 0.05) is 40.6 Å². The zero-order valence-electron chi connectivity index (χ0n) is 19.8.